The highest BCUT2D eigenvalue weighted by molar-refractivity contribution is 7.90. The van der Waals surface area contributed by atoms with Crippen LogP contribution in [0.3, 0.4) is 0 Å². The SMILES string of the molecule is CCOC(=O)CCc1ccc2c(c1)c(CCc1ccccc1)cn2-c1ccc(S(C)(=O)=O)cc1. The Balaban J connectivity index is 1.69. The number of fused-ring (bicyclic) bond motifs is 1. The molecule has 0 unspecified atom stereocenters. The second-order valence-corrected chi connectivity index (χ2v) is 10.4. The van der Waals surface area contributed by atoms with Gasteiger partial charge in [0.15, 0.2) is 9.84 Å². The highest BCUT2D eigenvalue weighted by atomic mass is 32.2. The van der Waals surface area contributed by atoms with Gasteiger partial charge in [-0.1, -0.05) is 36.4 Å². The van der Waals surface area contributed by atoms with Crippen LogP contribution in [0.25, 0.3) is 16.6 Å². The summed E-state index contributed by atoms with van der Waals surface area (Å²) in [6.45, 7) is 2.20. The Bertz CT molecular complexity index is 1390. The highest BCUT2D eigenvalue weighted by Gasteiger charge is 2.13. The van der Waals surface area contributed by atoms with Crippen molar-refractivity contribution in [3.63, 3.8) is 0 Å². The lowest BCUT2D eigenvalue weighted by Crippen LogP contribution is -2.05. The lowest BCUT2D eigenvalue weighted by Gasteiger charge is -2.08. The first-order chi connectivity index (χ1) is 16.3. The molecule has 4 aromatic rings. The zero-order valence-electron chi connectivity index (χ0n) is 19.5. The number of hydrogen-bond donors (Lipinski definition) is 0. The molecule has 0 amide bonds. The van der Waals surface area contributed by atoms with Gasteiger partial charge in [-0.3, -0.25) is 4.79 Å². The number of aromatic nitrogens is 1. The summed E-state index contributed by atoms with van der Waals surface area (Å²) in [4.78, 5) is 12.1. The molecule has 0 aliphatic heterocycles. The van der Waals surface area contributed by atoms with Crippen molar-refractivity contribution in [3.05, 3.63) is 95.7 Å². The Morgan fingerprint density at radius 1 is 0.882 bits per heavy atom. The molecule has 5 nitrogen and oxygen atoms in total. The zero-order valence-corrected chi connectivity index (χ0v) is 20.3. The molecular formula is C28H29NO4S. The van der Waals surface area contributed by atoms with E-state index >= 15 is 0 Å². The fraction of sp³-hybridized carbons (Fsp3) is 0.250. The Hall–Kier alpha value is -3.38. The largest absolute Gasteiger partial charge is 0.466 e. The van der Waals surface area contributed by atoms with Crippen molar-refractivity contribution in [1.82, 2.24) is 4.57 Å². The number of esters is 1. The first-order valence-corrected chi connectivity index (χ1v) is 13.4. The second kappa shape index (κ2) is 10.3. The number of carbonyl (C=O) groups is 1. The van der Waals surface area contributed by atoms with Crippen molar-refractivity contribution in [3.8, 4) is 5.69 Å². The molecule has 0 fully saturated rings. The number of carbonyl (C=O) groups excluding carboxylic acids is 1. The zero-order chi connectivity index (χ0) is 24.1. The molecule has 0 saturated carbocycles. The van der Waals surface area contributed by atoms with Crippen molar-refractivity contribution in [2.24, 2.45) is 0 Å². The first-order valence-electron chi connectivity index (χ1n) is 11.5. The van der Waals surface area contributed by atoms with Gasteiger partial charge in [0.25, 0.3) is 0 Å². The normalized spacial score (nSPS) is 11.6. The van der Waals surface area contributed by atoms with Gasteiger partial charge in [0.05, 0.1) is 17.0 Å². The van der Waals surface area contributed by atoms with Crippen molar-refractivity contribution in [2.75, 3.05) is 12.9 Å². The van der Waals surface area contributed by atoms with E-state index in [1.54, 1.807) is 12.1 Å². The topological polar surface area (TPSA) is 65.4 Å². The molecule has 0 N–H and O–H groups in total. The molecular weight excluding hydrogens is 446 g/mol. The van der Waals surface area contributed by atoms with Gasteiger partial charge in [0.1, 0.15) is 0 Å². The summed E-state index contributed by atoms with van der Waals surface area (Å²) >= 11 is 0. The van der Waals surface area contributed by atoms with E-state index in [-0.39, 0.29) is 5.97 Å². The lowest BCUT2D eigenvalue weighted by molar-refractivity contribution is -0.143. The van der Waals surface area contributed by atoms with Crippen LogP contribution < -0.4 is 0 Å². The van der Waals surface area contributed by atoms with E-state index in [1.807, 2.05) is 31.2 Å². The third-order valence-corrected chi connectivity index (χ3v) is 7.07. The number of rotatable bonds is 9. The van der Waals surface area contributed by atoms with Crippen LogP contribution in [0.1, 0.15) is 30.0 Å². The maximum absolute atomic E-state index is 11.9. The fourth-order valence-corrected chi connectivity index (χ4v) is 4.80. The van der Waals surface area contributed by atoms with Gasteiger partial charge in [-0.15, -0.1) is 0 Å². The maximum Gasteiger partial charge on any atom is 0.306 e. The summed E-state index contributed by atoms with van der Waals surface area (Å²) in [5.41, 5.74) is 5.53. The first kappa shape index (κ1) is 23.8. The monoisotopic (exact) mass is 475 g/mol. The molecule has 0 aliphatic carbocycles. The lowest BCUT2D eigenvalue weighted by atomic mass is 10.0. The molecule has 0 spiro atoms. The van der Waals surface area contributed by atoms with E-state index in [1.165, 1.54) is 17.4 Å². The van der Waals surface area contributed by atoms with Crippen LogP contribution in [0, 0.1) is 0 Å². The minimum Gasteiger partial charge on any atom is -0.466 e. The second-order valence-electron chi connectivity index (χ2n) is 8.43. The number of aryl methyl sites for hydroxylation is 3. The molecule has 0 atom stereocenters. The van der Waals surface area contributed by atoms with Gasteiger partial charge in [-0.2, -0.15) is 0 Å². The van der Waals surface area contributed by atoms with E-state index in [2.05, 4.69) is 47.2 Å². The summed E-state index contributed by atoms with van der Waals surface area (Å²) in [6.07, 6.45) is 6.12. The van der Waals surface area contributed by atoms with Crippen molar-refractivity contribution in [1.29, 1.82) is 0 Å². The quantitative estimate of drug-likeness (QED) is 0.308. The predicted octanol–water partition coefficient (Wildman–Crippen LogP) is 5.31. The molecule has 0 radical (unpaired) electrons. The molecule has 1 aromatic heterocycles. The standard InChI is InChI=1S/C28H29NO4S/c1-3-33-28(30)18-11-22-10-17-27-26(19-22)23(12-9-21-7-5-4-6-8-21)20-29(27)24-13-15-25(16-14-24)34(2,31)32/h4-8,10,13-17,19-20H,3,9,11-12,18H2,1-2H3. The fourth-order valence-electron chi connectivity index (χ4n) is 4.17. The van der Waals surface area contributed by atoms with Crippen LogP contribution >= 0.6 is 0 Å². The van der Waals surface area contributed by atoms with Gasteiger partial charge in [-0.25, -0.2) is 8.42 Å². The van der Waals surface area contributed by atoms with Crippen molar-refractivity contribution in [2.45, 2.75) is 37.5 Å². The Labute approximate surface area is 200 Å². The predicted molar refractivity (Wildman–Crippen MR) is 135 cm³/mol. The van der Waals surface area contributed by atoms with Gasteiger partial charge < -0.3 is 9.30 Å². The minimum atomic E-state index is -3.25. The molecule has 176 valence electrons. The van der Waals surface area contributed by atoms with E-state index in [9.17, 15) is 13.2 Å². The average molecular weight is 476 g/mol. The van der Waals surface area contributed by atoms with Crippen molar-refractivity contribution >= 4 is 26.7 Å². The molecule has 6 heteroatoms. The Morgan fingerprint density at radius 2 is 1.62 bits per heavy atom. The number of benzene rings is 3. The molecule has 4 rings (SSSR count). The summed E-state index contributed by atoms with van der Waals surface area (Å²) in [5.74, 6) is -0.185. The summed E-state index contributed by atoms with van der Waals surface area (Å²) in [5, 5.41) is 1.14. The number of nitrogens with zero attached hydrogens (tertiary/aromatic N) is 1. The summed E-state index contributed by atoms with van der Waals surface area (Å²) in [7, 11) is -3.25. The van der Waals surface area contributed by atoms with Gasteiger partial charge in [0, 0.05) is 29.9 Å². The molecule has 0 aliphatic rings. The van der Waals surface area contributed by atoms with Crippen LogP contribution in [0.2, 0.25) is 0 Å². The van der Waals surface area contributed by atoms with Crippen molar-refractivity contribution < 1.29 is 17.9 Å². The smallest absolute Gasteiger partial charge is 0.306 e. The molecule has 0 bridgehead atoms. The average Bonchev–Trinajstić information content (AvgIpc) is 3.20. The number of hydrogen-bond acceptors (Lipinski definition) is 4. The van der Waals surface area contributed by atoms with Crippen LogP contribution in [0.4, 0.5) is 0 Å². The van der Waals surface area contributed by atoms with E-state index in [0.717, 1.165) is 35.0 Å². The molecule has 3 aromatic carbocycles. The Morgan fingerprint density at radius 3 is 2.29 bits per heavy atom. The minimum absolute atomic E-state index is 0.185. The van der Waals surface area contributed by atoms with Gasteiger partial charge >= 0.3 is 5.97 Å². The molecule has 1 heterocycles. The number of ether oxygens (including phenoxy) is 1. The van der Waals surface area contributed by atoms with E-state index < -0.39 is 9.84 Å². The molecule has 0 saturated heterocycles. The highest BCUT2D eigenvalue weighted by Crippen LogP contribution is 2.28. The number of sulfone groups is 1. The third kappa shape index (κ3) is 5.57. The third-order valence-electron chi connectivity index (χ3n) is 5.94. The van der Waals surface area contributed by atoms with Gasteiger partial charge in [-0.05, 0) is 79.3 Å². The Kier molecular flexibility index (Phi) is 7.17. The summed E-state index contributed by atoms with van der Waals surface area (Å²) < 4.78 is 30.9. The van der Waals surface area contributed by atoms with Crippen LogP contribution in [-0.2, 0) is 38.6 Å². The van der Waals surface area contributed by atoms with Crippen LogP contribution in [0.5, 0.6) is 0 Å². The van der Waals surface area contributed by atoms with E-state index in [4.69, 9.17) is 4.74 Å². The van der Waals surface area contributed by atoms with Gasteiger partial charge in [0.2, 0.25) is 0 Å². The van der Waals surface area contributed by atoms with E-state index in [0.29, 0.717) is 24.3 Å². The summed E-state index contributed by atoms with van der Waals surface area (Å²) in [6, 6.07) is 23.6. The van der Waals surface area contributed by atoms with Crippen LogP contribution in [-0.4, -0.2) is 31.8 Å². The van der Waals surface area contributed by atoms with Crippen LogP contribution in [0.15, 0.2) is 83.9 Å². The molecule has 34 heavy (non-hydrogen) atoms. The maximum atomic E-state index is 11.9.